The number of unbranched alkanes of at least 4 members (excludes halogenated alkanes) is 4. The summed E-state index contributed by atoms with van der Waals surface area (Å²) in [6, 6.07) is 1.31. The van der Waals surface area contributed by atoms with Gasteiger partial charge < -0.3 is 14.3 Å². The number of nitrogens with zero attached hydrogens (tertiary/aromatic N) is 1. The quantitative estimate of drug-likeness (QED) is 0.128. The van der Waals surface area contributed by atoms with Gasteiger partial charge in [-0.25, -0.2) is 4.39 Å². The number of halogens is 5. The van der Waals surface area contributed by atoms with Crippen LogP contribution in [0.1, 0.15) is 46.0 Å². The zero-order valence-electron chi connectivity index (χ0n) is 15.9. The molecule has 0 bridgehead atoms. The first kappa shape index (κ1) is 25.2. The maximum atomic E-state index is 14.3. The van der Waals surface area contributed by atoms with Gasteiger partial charge in [0.15, 0.2) is 17.3 Å². The van der Waals surface area contributed by atoms with E-state index in [9.17, 15) is 4.39 Å². The Balaban J connectivity index is 2.35. The van der Waals surface area contributed by atoms with E-state index in [1.54, 1.807) is 0 Å². The molecule has 0 radical (unpaired) electrons. The van der Waals surface area contributed by atoms with Crippen LogP contribution in [0.15, 0.2) is 21.8 Å². The maximum absolute atomic E-state index is 14.3. The smallest absolute Gasteiger partial charge is 0.187 e. The molecule has 0 atom stereocenters. The van der Waals surface area contributed by atoms with Crippen molar-refractivity contribution >= 4 is 52.1 Å². The second-order valence-electron chi connectivity index (χ2n) is 6.11. The van der Waals surface area contributed by atoms with Crippen molar-refractivity contribution in [3.8, 4) is 11.5 Å². The number of oxime groups is 1. The van der Waals surface area contributed by atoms with Gasteiger partial charge in [0, 0.05) is 6.07 Å². The minimum atomic E-state index is -0.745. The molecule has 0 saturated carbocycles. The third-order valence-electron chi connectivity index (χ3n) is 3.43. The first-order valence-electron chi connectivity index (χ1n) is 8.90. The lowest BCUT2D eigenvalue weighted by Gasteiger charge is -2.13. The molecule has 0 heterocycles. The first-order chi connectivity index (χ1) is 13.3. The molecule has 4 nitrogen and oxygen atoms in total. The van der Waals surface area contributed by atoms with Crippen LogP contribution in [0, 0.1) is 5.82 Å². The molecular formula is C19H24Cl4FNO3. The van der Waals surface area contributed by atoms with E-state index in [0.717, 1.165) is 37.8 Å². The lowest BCUT2D eigenvalue weighted by molar-refractivity contribution is 0.139. The number of benzene rings is 1. The minimum Gasteiger partial charge on any atom is -0.490 e. The first-order valence-corrected chi connectivity index (χ1v) is 10.4. The van der Waals surface area contributed by atoms with E-state index < -0.39 is 5.82 Å². The molecule has 1 aromatic rings. The SMILES string of the molecule is CC(C)=NOCCCCCCCOc1c(Cl)cc(OCC=C(Cl)Cl)c(F)c1Cl. The van der Waals surface area contributed by atoms with Crippen LogP contribution < -0.4 is 9.47 Å². The van der Waals surface area contributed by atoms with Crippen LogP contribution in [0.25, 0.3) is 0 Å². The van der Waals surface area contributed by atoms with Gasteiger partial charge >= 0.3 is 0 Å². The lowest BCUT2D eigenvalue weighted by atomic mass is 10.1. The number of ether oxygens (including phenoxy) is 2. The van der Waals surface area contributed by atoms with E-state index in [0.29, 0.717) is 13.2 Å². The molecule has 0 spiro atoms. The molecule has 0 saturated heterocycles. The van der Waals surface area contributed by atoms with Crippen LogP contribution in [-0.4, -0.2) is 25.5 Å². The summed E-state index contributed by atoms with van der Waals surface area (Å²) in [6.45, 7) is 4.77. The lowest BCUT2D eigenvalue weighted by Crippen LogP contribution is -2.02. The number of hydrogen-bond acceptors (Lipinski definition) is 4. The Morgan fingerprint density at radius 3 is 2.32 bits per heavy atom. The van der Waals surface area contributed by atoms with Gasteiger partial charge in [-0.2, -0.15) is 0 Å². The highest BCUT2D eigenvalue weighted by atomic mass is 35.5. The minimum absolute atomic E-state index is 0.0123. The fraction of sp³-hybridized carbons (Fsp3) is 0.526. The van der Waals surface area contributed by atoms with E-state index in [1.807, 2.05) is 13.8 Å². The monoisotopic (exact) mass is 473 g/mol. The molecule has 0 fully saturated rings. The van der Waals surface area contributed by atoms with E-state index in [4.69, 9.17) is 60.7 Å². The van der Waals surface area contributed by atoms with Crippen LogP contribution in [0.3, 0.4) is 0 Å². The molecule has 0 amide bonds. The van der Waals surface area contributed by atoms with Crippen LogP contribution in [-0.2, 0) is 4.84 Å². The average Bonchev–Trinajstić information content (AvgIpc) is 2.62. The van der Waals surface area contributed by atoms with Crippen molar-refractivity contribution in [2.75, 3.05) is 19.8 Å². The van der Waals surface area contributed by atoms with Crippen molar-refractivity contribution in [2.45, 2.75) is 46.0 Å². The molecule has 1 aromatic carbocycles. The average molecular weight is 475 g/mol. The summed E-state index contributed by atoms with van der Waals surface area (Å²) in [4.78, 5) is 5.14. The highest BCUT2D eigenvalue weighted by molar-refractivity contribution is 6.55. The van der Waals surface area contributed by atoms with Crippen LogP contribution in [0.4, 0.5) is 4.39 Å². The maximum Gasteiger partial charge on any atom is 0.187 e. The summed E-state index contributed by atoms with van der Waals surface area (Å²) in [7, 11) is 0. The normalized spacial score (nSPS) is 10.4. The fourth-order valence-corrected chi connectivity index (χ4v) is 2.81. The van der Waals surface area contributed by atoms with Gasteiger partial charge in [0.25, 0.3) is 0 Å². The van der Waals surface area contributed by atoms with Gasteiger partial charge in [-0.15, -0.1) is 0 Å². The molecule has 0 unspecified atom stereocenters. The number of hydrogen-bond donors (Lipinski definition) is 0. The molecule has 28 heavy (non-hydrogen) atoms. The Morgan fingerprint density at radius 2 is 1.68 bits per heavy atom. The summed E-state index contributed by atoms with van der Waals surface area (Å²) in [6.07, 6.45) is 6.19. The second kappa shape index (κ2) is 14.2. The molecule has 158 valence electrons. The third-order valence-corrected chi connectivity index (χ3v) is 4.36. The van der Waals surface area contributed by atoms with Crippen LogP contribution in [0.5, 0.6) is 11.5 Å². The van der Waals surface area contributed by atoms with Crippen LogP contribution >= 0.6 is 46.4 Å². The molecule has 9 heteroatoms. The van der Waals surface area contributed by atoms with Gasteiger partial charge in [-0.1, -0.05) is 64.4 Å². The Morgan fingerprint density at radius 1 is 1.04 bits per heavy atom. The summed E-state index contributed by atoms with van der Waals surface area (Å²) >= 11 is 23.1. The van der Waals surface area contributed by atoms with Gasteiger partial charge in [0.2, 0.25) is 0 Å². The Hall–Kier alpha value is -0.880. The van der Waals surface area contributed by atoms with Gasteiger partial charge in [0.05, 0.1) is 17.3 Å². The molecule has 0 aliphatic carbocycles. The molecule has 0 aliphatic rings. The molecular weight excluding hydrogens is 451 g/mol. The second-order valence-corrected chi connectivity index (χ2v) is 7.90. The summed E-state index contributed by atoms with van der Waals surface area (Å²) in [5.74, 6) is -0.733. The van der Waals surface area contributed by atoms with Gasteiger partial charge in [-0.05, 0) is 39.2 Å². The topological polar surface area (TPSA) is 40.0 Å². The molecule has 1 rings (SSSR count). The van der Waals surface area contributed by atoms with Crippen molar-refractivity contribution in [1.82, 2.24) is 0 Å². The highest BCUT2D eigenvalue weighted by Gasteiger charge is 2.18. The van der Waals surface area contributed by atoms with E-state index >= 15 is 0 Å². The van der Waals surface area contributed by atoms with Crippen molar-refractivity contribution in [3.63, 3.8) is 0 Å². The number of rotatable bonds is 13. The van der Waals surface area contributed by atoms with Crippen molar-refractivity contribution in [2.24, 2.45) is 5.16 Å². The molecule has 0 N–H and O–H groups in total. The zero-order valence-corrected chi connectivity index (χ0v) is 18.9. The van der Waals surface area contributed by atoms with Crippen molar-refractivity contribution in [1.29, 1.82) is 0 Å². The van der Waals surface area contributed by atoms with E-state index in [1.165, 1.54) is 12.1 Å². The highest BCUT2D eigenvalue weighted by Crippen LogP contribution is 2.40. The predicted molar refractivity (Wildman–Crippen MR) is 115 cm³/mol. The predicted octanol–water partition coefficient (Wildman–Crippen LogP) is 7.57. The largest absolute Gasteiger partial charge is 0.490 e. The molecule has 0 aromatic heterocycles. The van der Waals surface area contributed by atoms with Crippen molar-refractivity contribution < 1.29 is 18.7 Å². The summed E-state index contributed by atoms with van der Waals surface area (Å²) in [5.41, 5.74) is 0.905. The molecule has 0 aliphatic heterocycles. The summed E-state index contributed by atoms with van der Waals surface area (Å²) < 4.78 is 25.1. The fourth-order valence-electron chi connectivity index (χ4n) is 2.14. The Labute approximate surface area is 185 Å². The van der Waals surface area contributed by atoms with E-state index in [2.05, 4.69) is 5.16 Å². The summed E-state index contributed by atoms with van der Waals surface area (Å²) in [5, 5.41) is 3.83. The van der Waals surface area contributed by atoms with Crippen molar-refractivity contribution in [3.05, 3.63) is 32.5 Å². The van der Waals surface area contributed by atoms with Gasteiger partial charge in [-0.3, -0.25) is 0 Å². The van der Waals surface area contributed by atoms with E-state index in [-0.39, 0.29) is 32.6 Å². The Kier molecular flexibility index (Phi) is 12.7. The zero-order chi connectivity index (χ0) is 20.9. The Bertz CT molecular complexity index is 676. The van der Waals surface area contributed by atoms with Crippen LogP contribution in [0.2, 0.25) is 10.0 Å². The third kappa shape index (κ3) is 10.1. The van der Waals surface area contributed by atoms with Gasteiger partial charge in [0.1, 0.15) is 22.7 Å². The standard InChI is InChI=1S/C19H24Cl4FNO3/c1-13(2)25-28-10-7-5-3-4-6-9-27-19-14(20)12-15(18(24)17(19)23)26-11-8-16(21)22/h8,12H,3-7,9-11H2,1-2H3.